The molecule has 0 spiro atoms. The molecule has 0 heterocycles. The summed E-state index contributed by atoms with van der Waals surface area (Å²) in [6.07, 6.45) is 0. The molecule has 3 heteroatoms. The monoisotopic (exact) mass is 151 g/mol. The lowest BCUT2D eigenvalue weighted by Gasteiger charge is -2.04. The molecule has 11 heavy (non-hydrogen) atoms. The van der Waals surface area contributed by atoms with E-state index < -0.39 is 0 Å². The summed E-state index contributed by atoms with van der Waals surface area (Å²) in [5.74, 6) is 0. The number of rotatable bonds is 2. The van der Waals surface area contributed by atoms with E-state index in [1.165, 1.54) is 0 Å². The molecule has 1 aromatic carbocycles. The van der Waals surface area contributed by atoms with Crippen molar-refractivity contribution in [3.63, 3.8) is 0 Å². The summed E-state index contributed by atoms with van der Waals surface area (Å²) in [7, 11) is 0. The van der Waals surface area contributed by atoms with Crippen LogP contribution in [0.15, 0.2) is 18.2 Å². The minimum atomic E-state index is 0.472. The molecule has 0 amide bonds. The predicted molar refractivity (Wildman–Crippen MR) is 46.6 cm³/mol. The van der Waals surface area contributed by atoms with E-state index >= 15 is 0 Å². The van der Waals surface area contributed by atoms with Gasteiger partial charge in [0.2, 0.25) is 0 Å². The number of nitrogens with two attached hydrogens (primary N) is 3. The quantitative estimate of drug-likeness (QED) is 0.528. The maximum atomic E-state index is 5.63. The molecule has 0 saturated carbocycles. The van der Waals surface area contributed by atoms with Crippen LogP contribution in [0.1, 0.15) is 11.1 Å². The average Bonchev–Trinajstić information content (AvgIpc) is 2.05. The summed E-state index contributed by atoms with van der Waals surface area (Å²) >= 11 is 0. The Hall–Kier alpha value is -1.06. The van der Waals surface area contributed by atoms with Gasteiger partial charge in [-0.15, -0.1) is 0 Å². The van der Waals surface area contributed by atoms with Gasteiger partial charge >= 0.3 is 0 Å². The van der Waals surface area contributed by atoms with E-state index in [4.69, 9.17) is 17.2 Å². The molecule has 0 aliphatic carbocycles. The molecule has 0 atom stereocenters. The van der Waals surface area contributed by atoms with Crippen LogP contribution in [0.4, 0.5) is 5.69 Å². The van der Waals surface area contributed by atoms with E-state index in [1.807, 2.05) is 18.2 Å². The zero-order valence-corrected chi connectivity index (χ0v) is 6.38. The molecule has 0 aliphatic heterocycles. The van der Waals surface area contributed by atoms with Gasteiger partial charge in [-0.3, -0.25) is 0 Å². The second-order valence-electron chi connectivity index (χ2n) is 2.44. The maximum absolute atomic E-state index is 5.63. The molecule has 1 rings (SSSR count). The van der Waals surface area contributed by atoms with Gasteiger partial charge in [0.1, 0.15) is 0 Å². The zero-order chi connectivity index (χ0) is 8.27. The number of anilines is 1. The fourth-order valence-corrected chi connectivity index (χ4v) is 0.963. The van der Waals surface area contributed by atoms with Crippen LogP contribution in [-0.4, -0.2) is 0 Å². The number of benzene rings is 1. The van der Waals surface area contributed by atoms with Crippen molar-refractivity contribution >= 4 is 5.69 Å². The molecular formula is C8H13N3. The summed E-state index contributed by atoms with van der Waals surface area (Å²) in [5, 5.41) is 0. The van der Waals surface area contributed by atoms with Crippen molar-refractivity contribution in [2.24, 2.45) is 11.5 Å². The topological polar surface area (TPSA) is 78.1 Å². The van der Waals surface area contributed by atoms with E-state index in [0.29, 0.717) is 13.1 Å². The third kappa shape index (κ3) is 1.69. The minimum absolute atomic E-state index is 0.472. The smallest absolute Gasteiger partial charge is 0.0359 e. The van der Waals surface area contributed by atoms with Gasteiger partial charge in [-0.1, -0.05) is 12.1 Å². The summed E-state index contributed by atoms with van der Waals surface area (Å²) in [6, 6.07) is 5.69. The van der Waals surface area contributed by atoms with Crippen molar-refractivity contribution in [1.29, 1.82) is 0 Å². The predicted octanol–water partition coefficient (Wildman–Crippen LogP) is 0.186. The highest BCUT2D eigenvalue weighted by Crippen LogP contribution is 2.12. The Labute approximate surface area is 66.2 Å². The molecule has 0 aromatic heterocycles. The van der Waals surface area contributed by atoms with Gasteiger partial charge in [-0.25, -0.2) is 0 Å². The SMILES string of the molecule is NCc1ccc(N)c(CN)c1. The molecule has 0 aliphatic rings. The van der Waals surface area contributed by atoms with Crippen LogP contribution in [0.3, 0.4) is 0 Å². The van der Waals surface area contributed by atoms with Gasteiger partial charge in [0, 0.05) is 18.8 Å². The van der Waals surface area contributed by atoms with Crippen LogP contribution in [0.5, 0.6) is 0 Å². The first-order chi connectivity index (χ1) is 5.27. The zero-order valence-electron chi connectivity index (χ0n) is 6.38. The molecule has 1 aromatic rings. The Balaban J connectivity index is 3.02. The first-order valence-corrected chi connectivity index (χ1v) is 3.55. The fraction of sp³-hybridized carbons (Fsp3) is 0.250. The molecular weight excluding hydrogens is 138 g/mol. The van der Waals surface area contributed by atoms with Crippen LogP contribution in [0, 0.1) is 0 Å². The van der Waals surface area contributed by atoms with Crippen molar-refractivity contribution in [3.05, 3.63) is 29.3 Å². The standard InChI is InChI=1S/C8H13N3/c9-4-6-1-2-8(11)7(3-6)5-10/h1-3H,4-5,9-11H2. The Kier molecular flexibility index (Phi) is 2.46. The Bertz CT molecular complexity index is 245. The highest BCUT2D eigenvalue weighted by atomic mass is 14.6. The second kappa shape index (κ2) is 3.37. The maximum Gasteiger partial charge on any atom is 0.0359 e. The lowest BCUT2D eigenvalue weighted by atomic mass is 10.1. The largest absolute Gasteiger partial charge is 0.398 e. The van der Waals surface area contributed by atoms with E-state index in [9.17, 15) is 0 Å². The lowest BCUT2D eigenvalue weighted by molar-refractivity contribution is 1.03. The third-order valence-electron chi connectivity index (χ3n) is 1.66. The van der Waals surface area contributed by atoms with Crippen LogP contribution in [0.2, 0.25) is 0 Å². The molecule has 0 bridgehead atoms. The fourth-order valence-electron chi connectivity index (χ4n) is 0.963. The highest BCUT2D eigenvalue weighted by Gasteiger charge is 1.96. The van der Waals surface area contributed by atoms with E-state index in [2.05, 4.69) is 0 Å². The van der Waals surface area contributed by atoms with Crippen molar-refractivity contribution in [3.8, 4) is 0 Å². The molecule has 0 radical (unpaired) electrons. The molecule has 60 valence electrons. The minimum Gasteiger partial charge on any atom is -0.398 e. The van der Waals surface area contributed by atoms with Crippen molar-refractivity contribution in [2.75, 3.05) is 5.73 Å². The Morgan fingerprint density at radius 3 is 2.36 bits per heavy atom. The number of hydrogen-bond donors (Lipinski definition) is 3. The summed E-state index contributed by atoms with van der Waals surface area (Å²) < 4.78 is 0. The summed E-state index contributed by atoms with van der Waals surface area (Å²) in [6.45, 7) is 1.01. The molecule has 6 N–H and O–H groups in total. The van der Waals surface area contributed by atoms with Crippen LogP contribution < -0.4 is 17.2 Å². The molecule has 0 saturated heterocycles. The summed E-state index contributed by atoms with van der Waals surface area (Å²) in [4.78, 5) is 0. The van der Waals surface area contributed by atoms with Crippen LogP contribution >= 0.6 is 0 Å². The van der Waals surface area contributed by atoms with Crippen molar-refractivity contribution in [2.45, 2.75) is 13.1 Å². The summed E-state index contributed by atoms with van der Waals surface area (Å²) in [5.41, 5.74) is 19.3. The number of hydrogen-bond acceptors (Lipinski definition) is 3. The molecule has 0 unspecified atom stereocenters. The normalized spacial score (nSPS) is 10.0. The first kappa shape index (κ1) is 8.04. The molecule has 3 nitrogen and oxygen atoms in total. The van der Waals surface area contributed by atoms with Gasteiger partial charge in [0.25, 0.3) is 0 Å². The number of nitrogen functional groups attached to an aromatic ring is 1. The first-order valence-electron chi connectivity index (χ1n) is 3.55. The Morgan fingerprint density at radius 1 is 1.09 bits per heavy atom. The van der Waals surface area contributed by atoms with E-state index in [0.717, 1.165) is 16.8 Å². The van der Waals surface area contributed by atoms with Crippen molar-refractivity contribution < 1.29 is 0 Å². The average molecular weight is 151 g/mol. The second-order valence-corrected chi connectivity index (χ2v) is 2.44. The van der Waals surface area contributed by atoms with Gasteiger partial charge in [0.05, 0.1) is 0 Å². The Morgan fingerprint density at radius 2 is 1.82 bits per heavy atom. The van der Waals surface area contributed by atoms with Gasteiger partial charge in [-0.05, 0) is 17.2 Å². The third-order valence-corrected chi connectivity index (χ3v) is 1.66. The van der Waals surface area contributed by atoms with E-state index in [1.54, 1.807) is 0 Å². The van der Waals surface area contributed by atoms with Gasteiger partial charge < -0.3 is 17.2 Å². The van der Waals surface area contributed by atoms with E-state index in [-0.39, 0.29) is 0 Å². The lowest BCUT2D eigenvalue weighted by Crippen LogP contribution is -2.04. The molecule has 0 fully saturated rings. The van der Waals surface area contributed by atoms with Gasteiger partial charge in [-0.2, -0.15) is 0 Å². The van der Waals surface area contributed by atoms with Crippen molar-refractivity contribution in [1.82, 2.24) is 0 Å². The van der Waals surface area contributed by atoms with Crippen LogP contribution in [0.25, 0.3) is 0 Å². The highest BCUT2D eigenvalue weighted by molar-refractivity contribution is 5.48. The van der Waals surface area contributed by atoms with Crippen LogP contribution in [-0.2, 0) is 13.1 Å². The van der Waals surface area contributed by atoms with Gasteiger partial charge in [0.15, 0.2) is 0 Å².